The minimum Gasteiger partial charge on any atom is -0.469 e. The predicted octanol–water partition coefficient (Wildman–Crippen LogP) is 1.80. The lowest BCUT2D eigenvalue weighted by Crippen LogP contribution is -2.38. The summed E-state index contributed by atoms with van der Waals surface area (Å²) < 4.78 is 4.72. The maximum Gasteiger partial charge on any atom is 0.308 e. The molecule has 0 atom stereocenters. The van der Waals surface area contributed by atoms with Crippen molar-refractivity contribution in [3.05, 3.63) is 12.7 Å². The molecule has 96 valence electrons. The number of carbonyl (C=O) groups excluding carboxylic acids is 2. The number of esters is 1. The van der Waals surface area contributed by atoms with Crippen LogP contribution in [-0.2, 0) is 14.3 Å². The molecule has 0 unspecified atom stereocenters. The molecule has 0 aromatic rings. The highest BCUT2D eigenvalue weighted by atomic mass is 16.5. The Kier molecular flexibility index (Phi) is 5.73. The molecule has 4 heteroatoms. The lowest BCUT2D eigenvalue weighted by atomic mass is 9.86. The number of hydrogen-bond acceptors (Lipinski definition) is 3. The number of carbonyl (C=O) groups is 2. The smallest absolute Gasteiger partial charge is 0.308 e. The Bertz CT molecular complexity index is 280. The molecule has 1 aliphatic carbocycles. The van der Waals surface area contributed by atoms with Crippen LogP contribution in [0.25, 0.3) is 0 Å². The van der Waals surface area contributed by atoms with Crippen LogP contribution < -0.4 is 5.32 Å². The highest BCUT2D eigenvalue weighted by Crippen LogP contribution is 2.25. The van der Waals surface area contributed by atoms with Gasteiger partial charge in [-0.05, 0) is 32.1 Å². The molecular formula is C13H21NO3. The fourth-order valence-electron chi connectivity index (χ4n) is 2.17. The largest absolute Gasteiger partial charge is 0.469 e. The molecule has 1 N–H and O–H groups in total. The molecule has 0 bridgehead atoms. The van der Waals surface area contributed by atoms with Gasteiger partial charge in [-0.15, -0.1) is 6.58 Å². The van der Waals surface area contributed by atoms with Gasteiger partial charge in [0.15, 0.2) is 0 Å². The summed E-state index contributed by atoms with van der Waals surface area (Å²) in [6.07, 6.45) is 6.29. The molecule has 0 heterocycles. The normalized spacial score (nSPS) is 23.8. The highest BCUT2D eigenvalue weighted by molar-refractivity contribution is 5.76. The van der Waals surface area contributed by atoms with Crippen LogP contribution in [0.5, 0.6) is 0 Å². The maximum atomic E-state index is 11.5. The first-order chi connectivity index (χ1) is 8.17. The fraction of sp³-hybridized carbons (Fsp3) is 0.692. The van der Waals surface area contributed by atoms with E-state index in [0.717, 1.165) is 25.7 Å². The molecule has 1 aliphatic rings. The summed E-state index contributed by atoms with van der Waals surface area (Å²) in [6, 6.07) is 0.216. The van der Waals surface area contributed by atoms with Crippen LogP contribution in [0, 0.1) is 5.92 Å². The van der Waals surface area contributed by atoms with E-state index in [1.165, 1.54) is 7.11 Å². The van der Waals surface area contributed by atoms with E-state index in [4.69, 9.17) is 4.74 Å². The minimum atomic E-state index is -0.124. The number of hydrogen-bond donors (Lipinski definition) is 1. The molecule has 0 radical (unpaired) electrons. The Balaban J connectivity index is 2.25. The van der Waals surface area contributed by atoms with Crippen LogP contribution >= 0.6 is 0 Å². The standard InChI is InChI=1S/C13H21NO3/c1-3-4-5-12(15)14-11-8-6-10(7-9-11)13(16)17-2/h3,10-11H,1,4-9H2,2H3,(H,14,15). The van der Waals surface area contributed by atoms with Crippen molar-refractivity contribution in [3.8, 4) is 0 Å². The molecule has 1 fully saturated rings. The molecule has 0 aliphatic heterocycles. The van der Waals surface area contributed by atoms with Crippen molar-refractivity contribution in [3.63, 3.8) is 0 Å². The van der Waals surface area contributed by atoms with E-state index >= 15 is 0 Å². The van der Waals surface area contributed by atoms with Crippen LogP contribution in [0.3, 0.4) is 0 Å². The molecule has 0 spiro atoms. The Morgan fingerprint density at radius 2 is 2.00 bits per heavy atom. The first-order valence-electron chi connectivity index (χ1n) is 6.15. The van der Waals surface area contributed by atoms with Crippen LogP contribution in [-0.4, -0.2) is 25.0 Å². The van der Waals surface area contributed by atoms with E-state index in [9.17, 15) is 9.59 Å². The molecule has 17 heavy (non-hydrogen) atoms. The van der Waals surface area contributed by atoms with Gasteiger partial charge in [0.05, 0.1) is 13.0 Å². The second-order valence-electron chi connectivity index (χ2n) is 4.47. The van der Waals surface area contributed by atoms with E-state index in [1.807, 2.05) is 0 Å². The summed E-state index contributed by atoms with van der Waals surface area (Å²) >= 11 is 0. The number of rotatable bonds is 5. The number of methoxy groups -OCH3 is 1. The maximum absolute atomic E-state index is 11.5. The minimum absolute atomic E-state index is 0.0151. The summed E-state index contributed by atoms with van der Waals surface area (Å²) in [7, 11) is 1.42. The molecule has 4 nitrogen and oxygen atoms in total. The number of amides is 1. The van der Waals surface area contributed by atoms with Crippen molar-refractivity contribution in [2.75, 3.05) is 7.11 Å². The average molecular weight is 239 g/mol. The van der Waals surface area contributed by atoms with Crippen LogP contribution in [0.15, 0.2) is 12.7 Å². The van der Waals surface area contributed by atoms with Gasteiger partial charge in [0.2, 0.25) is 5.91 Å². The Hall–Kier alpha value is -1.32. The fourth-order valence-corrected chi connectivity index (χ4v) is 2.17. The van der Waals surface area contributed by atoms with Crippen molar-refractivity contribution in [1.29, 1.82) is 0 Å². The molecule has 0 aromatic carbocycles. The van der Waals surface area contributed by atoms with Gasteiger partial charge in [-0.3, -0.25) is 9.59 Å². The third kappa shape index (κ3) is 4.59. The first-order valence-corrected chi connectivity index (χ1v) is 6.15. The van der Waals surface area contributed by atoms with E-state index in [2.05, 4.69) is 11.9 Å². The van der Waals surface area contributed by atoms with Crippen molar-refractivity contribution >= 4 is 11.9 Å². The van der Waals surface area contributed by atoms with Crippen molar-refractivity contribution in [2.24, 2.45) is 5.92 Å². The molecule has 0 saturated heterocycles. The number of allylic oxidation sites excluding steroid dienone is 1. The number of ether oxygens (including phenoxy) is 1. The van der Waals surface area contributed by atoms with Gasteiger partial charge in [-0.25, -0.2) is 0 Å². The Labute approximate surface area is 102 Å². The summed E-state index contributed by atoms with van der Waals surface area (Å²) in [6.45, 7) is 3.59. The summed E-state index contributed by atoms with van der Waals surface area (Å²) in [5.74, 6) is -0.0332. The van der Waals surface area contributed by atoms with E-state index in [1.54, 1.807) is 6.08 Å². The first kappa shape index (κ1) is 13.7. The predicted molar refractivity (Wildman–Crippen MR) is 65.3 cm³/mol. The second kappa shape index (κ2) is 7.09. The monoisotopic (exact) mass is 239 g/mol. The lowest BCUT2D eigenvalue weighted by molar-refractivity contribution is -0.146. The lowest BCUT2D eigenvalue weighted by Gasteiger charge is -2.27. The number of nitrogens with one attached hydrogen (secondary N) is 1. The molecule has 1 amide bonds. The zero-order valence-corrected chi connectivity index (χ0v) is 10.4. The Morgan fingerprint density at radius 1 is 1.35 bits per heavy atom. The summed E-state index contributed by atoms with van der Waals surface area (Å²) in [4.78, 5) is 22.8. The molecule has 1 saturated carbocycles. The van der Waals surface area contributed by atoms with Gasteiger partial charge < -0.3 is 10.1 Å². The Morgan fingerprint density at radius 3 is 2.53 bits per heavy atom. The summed E-state index contributed by atoms with van der Waals surface area (Å²) in [5.41, 5.74) is 0. The van der Waals surface area contributed by atoms with Crippen LogP contribution in [0.1, 0.15) is 38.5 Å². The average Bonchev–Trinajstić information content (AvgIpc) is 2.36. The summed E-state index contributed by atoms with van der Waals surface area (Å²) in [5, 5.41) is 2.99. The zero-order chi connectivity index (χ0) is 12.7. The van der Waals surface area contributed by atoms with Gasteiger partial charge in [-0.1, -0.05) is 6.08 Å². The van der Waals surface area contributed by atoms with E-state index in [-0.39, 0.29) is 23.8 Å². The van der Waals surface area contributed by atoms with E-state index in [0.29, 0.717) is 12.8 Å². The third-order valence-electron chi connectivity index (χ3n) is 3.20. The van der Waals surface area contributed by atoms with Crippen molar-refractivity contribution < 1.29 is 14.3 Å². The topological polar surface area (TPSA) is 55.4 Å². The van der Waals surface area contributed by atoms with E-state index < -0.39 is 0 Å². The van der Waals surface area contributed by atoms with Crippen LogP contribution in [0.4, 0.5) is 0 Å². The molecule has 1 rings (SSSR count). The second-order valence-corrected chi connectivity index (χ2v) is 4.47. The van der Waals surface area contributed by atoms with Gasteiger partial charge in [0.25, 0.3) is 0 Å². The van der Waals surface area contributed by atoms with Gasteiger partial charge >= 0.3 is 5.97 Å². The van der Waals surface area contributed by atoms with Gasteiger partial charge in [0, 0.05) is 12.5 Å². The van der Waals surface area contributed by atoms with Crippen molar-refractivity contribution in [2.45, 2.75) is 44.6 Å². The quantitative estimate of drug-likeness (QED) is 0.588. The third-order valence-corrected chi connectivity index (χ3v) is 3.20. The van der Waals surface area contributed by atoms with Gasteiger partial charge in [-0.2, -0.15) is 0 Å². The van der Waals surface area contributed by atoms with Gasteiger partial charge in [0.1, 0.15) is 0 Å². The highest BCUT2D eigenvalue weighted by Gasteiger charge is 2.27. The SMILES string of the molecule is C=CCCC(=O)NC1CCC(C(=O)OC)CC1. The van der Waals surface area contributed by atoms with Crippen molar-refractivity contribution in [1.82, 2.24) is 5.32 Å². The molecule has 0 aromatic heterocycles. The molecular weight excluding hydrogens is 218 g/mol. The zero-order valence-electron chi connectivity index (χ0n) is 10.4. The van der Waals surface area contributed by atoms with Crippen LogP contribution in [0.2, 0.25) is 0 Å².